The van der Waals surface area contributed by atoms with Crippen molar-refractivity contribution in [2.45, 2.75) is 50.0 Å². The van der Waals surface area contributed by atoms with Crippen LogP contribution in [0.25, 0.3) is 10.8 Å². The van der Waals surface area contributed by atoms with E-state index in [0.29, 0.717) is 5.92 Å². The third-order valence-corrected chi connectivity index (χ3v) is 8.81. The molecule has 4 nitrogen and oxygen atoms in total. The van der Waals surface area contributed by atoms with Crippen molar-refractivity contribution in [1.29, 1.82) is 0 Å². The van der Waals surface area contributed by atoms with Crippen molar-refractivity contribution in [3.63, 3.8) is 0 Å². The number of hydrogen-bond acceptors (Lipinski definition) is 3. The van der Waals surface area contributed by atoms with E-state index in [-0.39, 0.29) is 17.4 Å². The van der Waals surface area contributed by atoms with Gasteiger partial charge in [-0.2, -0.15) is 0 Å². The van der Waals surface area contributed by atoms with Crippen LogP contribution in [0, 0.1) is 11.8 Å². The van der Waals surface area contributed by atoms with Gasteiger partial charge in [0, 0.05) is 30.1 Å². The van der Waals surface area contributed by atoms with Crippen LogP contribution in [0.3, 0.4) is 0 Å². The lowest BCUT2D eigenvalue weighted by atomic mass is 9.58. The minimum Gasteiger partial charge on any atom is -0.497 e. The normalized spacial score (nSPS) is 26.8. The van der Waals surface area contributed by atoms with Gasteiger partial charge in [0.15, 0.2) is 0 Å². The van der Waals surface area contributed by atoms with E-state index in [4.69, 9.17) is 4.74 Å². The summed E-state index contributed by atoms with van der Waals surface area (Å²) in [6, 6.07) is 23.1. The Morgan fingerprint density at radius 2 is 1.86 bits per heavy atom. The predicted molar refractivity (Wildman–Crippen MR) is 141 cm³/mol. The van der Waals surface area contributed by atoms with E-state index in [9.17, 15) is 4.79 Å². The molecular weight excluding hydrogens is 432 g/mol. The number of benzene rings is 3. The van der Waals surface area contributed by atoms with E-state index >= 15 is 0 Å². The van der Waals surface area contributed by atoms with Gasteiger partial charge in [0.1, 0.15) is 5.75 Å². The zero-order valence-corrected chi connectivity index (χ0v) is 20.7. The van der Waals surface area contributed by atoms with Gasteiger partial charge in [-0.15, -0.1) is 0 Å². The summed E-state index contributed by atoms with van der Waals surface area (Å²) in [5, 5.41) is 5.70. The minimum absolute atomic E-state index is 0.0474. The fourth-order valence-electron chi connectivity index (χ4n) is 6.70. The average molecular weight is 469 g/mol. The number of likely N-dealkylation sites (tertiary alicyclic amines) is 1. The predicted octanol–water partition coefficient (Wildman–Crippen LogP) is 5.80. The van der Waals surface area contributed by atoms with Gasteiger partial charge in [-0.05, 0) is 97.5 Å². The molecule has 1 saturated heterocycles. The van der Waals surface area contributed by atoms with Crippen LogP contribution in [0.4, 0.5) is 0 Å². The molecule has 0 aromatic heterocycles. The van der Waals surface area contributed by atoms with Crippen molar-refractivity contribution in [3.8, 4) is 5.75 Å². The van der Waals surface area contributed by atoms with Crippen molar-refractivity contribution in [1.82, 2.24) is 10.2 Å². The Bertz CT molecular complexity index is 1220. The molecule has 0 spiro atoms. The average Bonchev–Trinajstić information content (AvgIpc) is 3.72. The summed E-state index contributed by atoms with van der Waals surface area (Å²) in [5.74, 6) is 2.53. The molecule has 1 amide bonds. The molecule has 4 heteroatoms. The topological polar surface area (TPSA) is 41.6 Å². The van der Waals surface area contributed by atoms with E-state index < -0.39 is 0 Å². The largest absolute Gasteiger partial charge is 0.497 e. The Balaban J connectivity index is 1.24. The number of carbonyl (C=O) groups is 1. The maximum Gasteiger partial charge on any atom is 0.251 e. The molecule has 2 saturated carbocycles. The van der Waals surface area contributed by atoms with E-state index in [2.05, 4.69) is 46.6 Å². The molecule has 3 aliphatic rings. The molecule has 3 fully saturated rings. The van der Waals surface area contributed by atoms with E-state index in [1.807, 2.05) is 30.3 Å². The van der Waals surface area contributed by atoms with Gasteiger partial charge < -0.3 is 15.0 Å². The van der Waals surface area contributed by atoms with Crippen LogP contribution in [0.15, 0.2) is 66.7 Å². The number of nitrogens with one attached hydrogen (secondary N) is 1. The molecule has 0 bridgehead atoms. The lowest BCUT2D eigenvalue weighted by Gasteiger charge is -2.53. The number of methoxy groups -OCH3 is 1. The number of ether oxygens (including phenoxy) is 1. The Labute approximate surface area is 208 Å². The van der Waals surface area contributed by atoms with Crippen molar-refractivity contribution in [2.24, 2.45) is 11.8 Å². The number of carbonyl (C=O) groups excluding carboxylic acids is 1. The summed E-state index contributed by atoms with van der Waals surface area (Å²) in [4.78, 5) is 16.0. The quantitative estimate of drug-likeness (QED) is 0.497. The highest BCUT2D eigenvalue weighted by Crippen LogP contribution is 2.50. The van der Waals surface area contributed by atoms with Crippen molar-refractivity contribution in [2.75, 3.05) is 26.7 Å². The number of nitrogens with zero attached hydrogens (tertiary/aromatic N) is 1. The third kappa shape index (κ3) is 4.56. The van der Waals surface area contributed by atoms with Crippen LogP contribution >= 0.6 is 0 Å². The van der Waals surface area contributed by atoms with Gasteiger partial charge in [-0.3, -0.25) is 4.79 Å². The SMILES string of the molecule is COc1cccc(C23CCN(CC4CC4)CC2CCC(NC(=O)c2ccc4ccccc4c2)C3)c1. The fourth-order valence-corrected chi connectivity index (χ4v) is 6.70. The number of piperidine rings is 1. The number of amides is 1. The Kier molecular flexibility index (Phi) is 6.01. The maximum atomic E-state index is 13.3. The first kappa shape index (κ1) is 22.6. The molecular formula is C31H36N2O2. The molecule has 2 aliphatic carbocycles. The first-order valence-electron chi connectivity index (χ1n) is 13.3. The van der Waals surface area contributed by atoms with Crippen LogP contribution in [0.2, 0.25) is 0 Å². The molecule has 1 aliphatic heterocycles. The van der Waals surface area contributed by atoms with Gasteiger partial charge in [0.2, 0.25) is 0 Å². The zero-order valence-electron chi connectivity index (χ0n) is 20.7. The minimum atomic E-state index is 0.0474. The molecule has 3 aromatic rings. The van der Waals surface area contributed by atoms with Crippen LogP contribution in [0.1, 0.15) is 54.4 Å². The Hall–Kier alpha value is -2.85. The van der Waals surface area contributed by atoms with Crippen LogP contribution < -0.4 is 10.1 Å². The highest BCUT2D eigenvalue weighted by molar-refractivity contribution is 5.98. The molecule has 182 valence electrons. The van der Waals surface area contributed by atoms with E-state index in [1.54, 1.807) is 7.11 Å². The zero-order chi connectivity index (χ0) is 23.8. The second kappa shape index (κ2) is 9.31. The van der Waals surface area contributed by atoms with E-state index in [1.165, 1.54) is 36.9 Å². The van der Waals surface area contributed by atoms with Gasteiger partial charge in [-0.25, -0.2) is 0 Å². The fraction of sp³-hybridized carbons (Fsp3) is 0.452. The van der Waals surface area contributed by atoms with Crippen LogP contribution in [-0.2, 0) is 5.41 Å². The van der Waals surface area contributed by atoms with Crippen molar-refractivity contribution in [3.05, 3.63) is 77.9 Å². The van der Waals surface area contributed by atoms with Gasteiger partial charge in [0.25, 0.3) is 5.91 Å². The first-order valence-corrected chi connectivity index (χ1v) is 13.3. The molecule has 35 heavy (non-hydrogen) atoms. The smallest absolute Gasteiger partial charge is 0.251 e. The highest BCUT2D eigenvalue weighted by Gasteiger charge is 2.48. The first-order chi connectivity index (χ1) is 17.1. The second-order valence-electron chi connectivity index (χ2n) is 11.1. The molecule has 1 N–H and O–H groups in total. The van der Waals surface area contributed by atoms with Crippen molar-refractivity contribution >= 4 is 16.7 Å². The molecule has 3 aromatic carbocycles. The molecule has 0 radical (unpaired) electrons. The van der Waals surface area contributed by atoms with Crippen molar-refractivity contribution < 1.29 is 9.53 Å². The number of hydrogen-bond donors (Lipinski definition) is 1. The Morgan fingerprint density at radius 1 is 1.00 bits per heavy atom. The summed E-state index contributed by atoms with van der Waals surface area (Å²) in [7, 11) is 1.75. The van der Waals surface area contributed by atoms with Crippen LogP contribution in [0.5, 0.6) is 5.75 Å². The van der Waals surface area contributed by atoms with Gasteiger partial charge in [-0.1, -0.05) is 42.5 Å². The molecule has 3 atom stereocenters. The lowest BCUT2D eigenvalue weighted by molar-refractivity contribution is 0.0403. The van der Waals surface area contributed by atoms with Gasteiger partial charge in [0.05, 0.1) is 7.11 Å². The van der Waals surface area contributed by atoms with Gasteiger partial charge >= 0.3 is 0 Å². The Morgan fingerprint density at radius 3 is 2.69 bits per heavy atom. The second-order valence-corrected chi connectivity index (χ2v) is 11.1. The molecule has 6 rings (SSSR count). The summed E-state index contributed by atoms with van der Waals surface area (Å²) < 4.78 is 5.61. The van der Waals surface area contributed by atoms with Crippen LogP contribution in [-0.4, -0.2) is 43.6 Å². The monoisotopic (exact) mass is 468 g/mol. The lowest BCUT2D eigenvalue weighted by Crippen LogP contribution is -2.56. The standard InChI is InChI=1S/C31H36N2O2/c1-35-29-8-4-7-26(18-29)31-15-16-33(20-22-9-10-22)21-27(31)13-14-28(19-31)32-30(34)25-12-11-23-5-2-3-6-24(23)17-25/h2-8,11-12,17-18,22,27-28H,9-10,13-16,19-21H2,1H3,(H,32,34). The summed E-state index contributed by atoms with van der Waals surface area (Å²) >= 11 is 0. The highest BCUT2D eigenvalue weighted by atomic mass is 16.5. The third-order valence-electron chi connectivity index (χ3n) is 8.81. The summed E-state index contributed by atoms with van der Waals surface area (Å²) in [5.41, 5.74) is 2.23. The summed E-state index contributed by atoms with van der Waals surface area (Å²) in [6.07, 6.45) is 7.17. The molecule has 3 unspecified atom stereocenters. The molecule has 1 heterocycles. The van der Waals surface area contributed by atoms with E-state index in [0.717, 1.165) is 54.8 Å². The maximum absolute atomic E-state index is 13.3. The number of fused-ring (bicyclic) bond motifs is 2. The summed E-state index contributed by atoms with van der Waals surface area (Å²) in [6.45, 7) is 3.60. The number of rotatable bonds is 6.